The lowest BCUT2D eigenvalue weighted by Crippen LogP contribution is -2.25. The highest BCUT2D eigenvalue weighted by molar-refractivity contribution is 6.25. The second-order valence-corrected chi connectivity index (χ2v) is 13.8. The first-order chi connectivity index (χ1) is 22.5. The molecule has 46 heavy (non-hydrogen) atoms. The van der Waals surface area contributed by atoms with Crippen molar-refractivity contribution in [2.75, 3.05) is 0 Å². The van der Waals surface area contributed by atoms with Gasteiger partial charge in [-0.05, 0) is 107 Å². The van der Waals surface area contributed by atoms with Crippen LogP contribution >= 0.6 is 0 Å². The molecule has 1 heteroatoms. The number of aromatic nitrogens is 1. The number of rotatable bonds is 2. The van der Waals surface area contributed by atoms with Gasteiger partial charge in [0.2, 0.25) is 0 Å². The molecular formula is C45H33N. The Kier molecular flexibility index (Phi) is 5.24. The maximum absolute atomic E-state index is 3.69. The van der Waals surface area contributed by atoms with Gasteiger partial charge in [-0.3, -0.25) is 0 Å². The molecular weight excluding hydrogens is 555 g/mol. The molecule has 2 unspecified atom stereocenters. The molecule has 0 spiro atoms. The van der Waals surface area contributed by atoms with Gasteiger partial charge in [0.1, 0.15) is 0 Å². The van der Waals surface area contributed by atoms with Crippen molar-refractivity contribution < 1.29 is 0 Å². The van der Waals surface area contributed by atoms with Gasteiger partial charge < -0.3 is 4.98 Å². The van der Waals surface area contributed by atoms with E-state index in [1.165, 1.54) is 87.5 Å². The third-order valence-electron chi connectivity index (χ3n) is 11.1. The van der Waals surface area contributed by atoms with Crippen LogP contribution in [0.4, 0.5) is 0 Å². The third kappa shape index (κ3) is 3.57. The molecule has 0 saturated carbocycles. The quantitative estimate of drug-likeness (QED) is 0.194. The van der Waals surface area contributed by atoms with E-state index in [-0.39, 0.29) is 5.41 Å². The number of hydrogen-bond donors (Lipinski definition) is 1. The predicted octanol–water partition coefficient (Wildman–Crippen LogP) is 12.1. The summed E-state index contributed by atoms with van der Waals surface area (Å²) in [6.07, 6.45) is 7.33. The van der Waals surface area contributed by atoms with Crippen LogP contribution in [-0.4, -0.2) is 4.98 Å². The Morgan fingerprint density at radius 2 is 1.02 bits per heavy atom. The minimum Gasteiger partial charge on any atom is -0.355 e. The van der Waals surface area contributed by atoms with Crippen molar-refractivity contribution in [2.24, 2.45) is 5.92 Å². The van der Waals surface area contributed by atoms with E-state index in [2.05, 4.69) is 164 Å². The molecule has 1 nitrogen and oxygen atoms in total. The molecule has 0 saturated heterocycles. The topological polar surface area (TPSA) is 15.8 Å². The van der Waals surface area contributed by atoms with Crippen LogP contribution in [-0.2, 0) is 5.41 Å². The van der Waals surface area contributed by atoms with Gasteiger partial charge in [0.15, 0.2) is 0 Å². The van der Waals surface area contributed by atoms with E-state index in [0.717, 1.165) is 0 Å². The largest absolute Gasteiger partial charge is 0.355 e. The Labute approximate surface area is 268 Å². The number of nitrogens with one attached hydrogen (secondary N) is 1. The smallest absolute Gasteiger partial charge is 0.0465 e. The molecule has 2 aliphatic carbocycles. The molecule has 0 bridgehead atoms. The van der Waals surface area contributed by atoms with Crippen molar-refractivity contribution in [1.29, 1.82) is 0 Å². The number of aromatic amines is 1. The molecule has 0 fully saturated rings. The van der Waals surface area contributed by atoms with E-state index >= 15 is 0 Å². The zero-order valence-electron chi connectivity index (χ0n) is 26.0. The molecule has 8 aromatic rings. The summed E-state index contributed by atoms with van der Waals surface area (Å²) >= 11 is 0. The lowest BCUT2D eigenvalue weighted by molar-refractivity contribution is 0.395. The fourth-order valence-electron chi connectivity index (χ4n) is 8.72. The molecule has 218 valence electrons. The van der Waals surface area contributed by atoms with Crippen molar-refractivity contribution >= 4 is 59.7 Å². The monoisotopic (exact) mass is 587 g/mol. The van der Waals surface area contributed by atoms with Crippen molar-refractivity contribution in [2.45, 2.75) is 25.2 Å². The van der Waals surface area contributed by atoms with Crippen LogP contribution in [0.25, 0.3) is 70.8 Å². The Hall–Kier alpha value is -5.40. The summed E-state index contributed by atoms with van der Waals surface area (Å²) in [5.74, 6) is 0.905. The van der Waals surface area contributed by atoms with Gasteiger partial charge >= 0.3 is 0 Å². The second-order valence-electron chi connectivity index (χ2n) is 13.8. The Balaban J connectivity index is 1.10. The summed E-state index contributed by atoms with van der Waals surface area (Å²) < 4.78 is 0. The molecule has 2 aliphatic rings. The third-order valence-corrected chi connectivity index (χ3v) is 11.1. The van der Waals surface area contributed by atoms with Gasteiger partial charge in [0.05, 0.1) is 0 Å². The summed E-state index contributed by atoms with van der Waals surface area (Å²) in [6, 6.07) is 47.4. The highest BCUT2D eigenvalue weighted by Crippen LogP contribution is 2.54. The summed E-state index contributed by atoms with van der Waals surface area (Å²) in [4.78, 5) is 3.69. The molecule has 0 amide bonds. The molecule has 1 aromatic heterocycles. The van der Waals surface area contributed by atoms with Gasteiger partial charge in [-0.15, -0.1) is 0 Å². The van der Waals surface area contributed by atoms with Crippen LogP contribution in [0.3, 0.4) is 0 Å². The van der Waals surface area contributed by atoms with Crippen molar-refractivity contribution in [3.05, 3.63) is 162 Å². The second kappa shape index (κ2) is 9.31. The lowest BCUT2D eigenvalue weighted by atomic mass is 9.73. The Morgan fingerprint density at radius 1 is 0.500 bits per heavy atom. The van der Waals surface area contributed by atoms with Crippen LogP contribution < -0.4 is 0 Å². The predicted molar refractivity (Wildman–Crippen MR) is 197 cm³/mol. The first kappa shape index (κ1) is 25.9. The van der Waals surface area contributed by atoms with Gasteiger partial charge in [0.25, 0.3) is 0 Å². The van der Waals surface area contributed by atoms with Crippen LogP contribution in [0.5, 0.6) is 0 Å². The highest BCUT2D eigenvalue weighted by atomic mass is 14.7. The standard InChI is InChI=1S/C45H33N/c1-45(2)41-14-8-7-13-36(41)37-20-16-30(26-42(37)45)29-18-22-44-40(25-29)39-24-28(17-21-43(39)46-44)27-15-19-35-33-11-4-3-9-31(33)32-10-5-6-12-34(32)38(35)23-27/h3-26,37,42,46H,1-2H3. The van der Waals surface area contributed by atoms with Crippen LogP contribution in [0.2, 0.25) is 0 Å². The SMILES string of the molecule is CC1(C)c2ccccc2C2C=CC(c3ccc4[nH]c5ccc(-c6ccc7c8ccccc8c8ccccc8c7c6)cc5c4c3)=CC21. The van der Waals surface area contributed by atoms with E-state index in [1.54, 1.807) is 0 Å². The molecule has 0 aliphatic heterocycles. The average Bonchev–Trinajstić information content (AvgIpc) is 3.59. The zero-order valence-corrected chi connectivity index (χ0v) is 26.0. The molecule has 1 heterocycles. The minimum absolute atomic E-state index is 0.106. The molecule has 7 aromatic carbocycles. The first-order valence-corrected chi connectivity index (χ1v) is 16.4. The van der Waals surface area contributed by atoms with E-state index < -0.39 is 0 Å². The van der Waals surface area contributed by atoms with Crippen LogP contribution in [0.1, 0.15) is 36.5 Å². The van der Waals surface area contributed by atoms with Gasteiger partial charge in [-0.1, -0.05) is 129 Å². The summed E-state index contributed by atoms with van der Waals surface area (Å²) in [6.45, 7) is 4.82. The van der Waals surface area contributed by atoms with Crippen molar-refractivity contribution in [1.82, 2.24) is 4.98 Å². The van der Waals surface area contributed by atoms with Crippen molar-refractivity contribution in [3.63, 3.8) is 0 Å². The molecule has 10 rings (SSSR count). The fourth-order valence-corrected chi connectivity index (χ4v) is 8.72. The maximum atomic E-state index is 3.69. The highest BCUT2D eigenvalue weighted by Gasteiger charge is 2.44. The zero-order chi connectivity index (χ0) is 30.6. The number of fused-ring (bicyclic) bond motifs is 12. The number of hydrogen-bond acceptors (Lipinski definition) is 0. The van der Waals surface area contributed by atoms with Crippen LogP contribution in [0.15, 0.2) is 146 Å². The fraction of sp³-hybridized carbons (Fsp3) is 0.111. The summed E-state index contributed by atoms with van der Waals surface area (Å²) in [5.41, 5.74) is 10.5. The van der Waals surface area contributed by atoms with E-state index in [9.17, 15) is 0 Å². The normalized spacial score (nSPS) is 18.4. The van der Waals surface area contributed by atoms with E-state index in [4.69, 9.17) is 0 Å². The number of benzene rings is 7. The Bertz CT molecular complexity index is 2590. The summed E-state index contributed by atoms with van der Waals surface area (Å²) in [5, 5.41) is 10.4. The van der Waals surface area contributed by atoms with E-state index in [1.807, 2.05) is 0 Å². The first-order valence-electron chi connectivity index (χ1n) is 16.4. The van der Waals surface area contributed by atoms with E-state index in [0.29, 0.717) is 11.8 Å². The van der Waals surface area contributed by atoms with Crippen molar-refractivity contribution in [3.8, 4) is 11.1 Å². The van der Waals surface area contributed by atoms with Gasteiger partial charge in [-0.25, -0.2) is 0 Å². The van der Waals surface area contributed by atoms with Gasteiger partial charge in [0, 0.05) is 27.7 Å². The number of allylic oxidation sites excluding steroid dienone is 4. The average molecular weight is 588 g/mol. The maximum Gasteiger partial charge on any atom is 0.0465 e. The van der Waals surface area contributed by atoms with Crippen LogP contribution in [0, 0.1) is 5.92 Å². The Morgan fingerprint density at radius 3 is 1.72 bits per heavy atom. The lowest BCUT2D eigenvalue weighted by Gasteiger charge is -2.31. The molecule has 2 atom stereocenters. The minimum atomic E-state index is 0.106. The van der Waals surface area contributed by atoms with Gasteiger partial charge in [-0.2, -0.15) is 0 Å². The molecule has 1 N–H and O–H groups in total. The summed E-state index contributed by atoms with van der Waals surface area (Å²) in [7, 11) is 0. The number of H-pyrrole nitrogens is 1. The molecule has 0 radical (unpaired) electrons.